The molecule has 0 aliphatic carbocycles. The van der Waals surface area contributed by atoms with Crippen LogP contribution in [-0.2, 0) is 4.74 Å². The van der Waals surface area contributed by atoms with Crippen LogP contribution in [0.1, 0.15) is 32.4 Å². The van der Waals surface area contributed by atoms with E-state index in [0.29, 0.717) is 5.56 Å². The lowest BCUT2D eigenvalue weighted by Crippen LogP contribution is -2.38. The lowest BCUT2D eigenvalue weighted by molar-refractivity contribution is 0.0129. The molecule has 1 rings (SSSR count). The van der Waals surface area contributed by atoms with Crippen molar-refractivity contribution in [3.05, 3.63) is 29.8 Å². The first-order valence-electron chi connectivity index (χ1n) is 6.83. The van der Waals surface area contributed by atoms with E-state index in [2.05, 4.69) is 10.6 Å². The number of hydrogen-bond acceptors (Lipinski definition) is 5. The fourth-order valence-corrected chi connectivity index (χ4v) is 1.68. The van der Waals surface area contributed by atoms with Crippen molar-refractivity contribution in [1.29, 1.82) is 0 Å². The highest BCUT2D eigenvalue weighted by molar-refractivity contribution is 5.67. The maximum absolute atomic E-state index is 11.5. The first kappa shape index (κ1) is 17.3. The molecular formula is C15H24N2O4. The van der Waals surface area contributed by atoms with Crippen molar-refractivity contribution in [2.24, 2.45) is 0 Å². The summed E-state index contributed by atoms with van der Waals surface area (Å²) in [6.45, 7) is 5.16. The summed E-state index contributed by atoms with van der Waals surface area (Å²) < 4.78 is 5.05. The Morgan fingerprint density at radius 2 is 1.81 bits per heavy atom. The summed E-state index contributed by atoms with van der Waals surface area (Å²) in [7, 11) is 1.80. The minimum absolute atomic E-state index is 0.0934. The van der Waals surface area contributed by atoms with Gasteiger partial charge in [0.05, 0.1) is 0 Å². The number of rotatable bonds is 5. The number of amides is 1. The van der Waals surface area contributed by atoms with E-state index in [9.17, 15) is 15.0 Å². The number of alkyl carbamates (subject to hydrolysis) is 1. The molecular weight excluding hydrogens is 272 g/mol. The Hall–Kier alpha value is -1.79. The molecule has 6 heteroatoms. The van der Waals surface area contributed by atoms with Gasteiger partial charge in [-0.2, -0.15) is 0 Å². The van der Waals surface area contributed by atoms with E-state index in [1.807, 2.05) is 0 Å². The molecule has 2 unspecified atom stereocenters. The number of carbonyl (C=O) groups excluding carboxylic acids is 1. The number of aliphatic hydroxyl groups is 2. The maximum atomic E-state index is 11.5. The Labute approximate surface area is 125 Å². The number of aliphatic hydroxyl groups excluding tert-OH is 2. The maximum Gasteiger partial charge on any atom is 0.407 e. The first-order valence-corrected chi connectivity index (χ1v) is 6.83. The molecule has 21 heavy (non-hydrogen) atoms. The van der Waals surface area contributed by atoms with Crippen LogP contribution in [0.25, 0.3) is 0 Å². The SMILES string of the molecule is CNc1ccc(C(O)C(O)CNC(=O)OC(C)(C)C)cc1. The third-order valence-electron chi connectivity index (χ3n) is 2.76. The van der Waals surface area contributed by atoms with Crippen LogP contribution in [-0.4, -0.2) is 41.6 Å². The smallest absolute Gasteiger partial charge is 0.407 e. The van der Waals surface area contributed by atoms with Gasteiger partial charge in [-0.25, -0.2) is 4.79 Å². The zero-order valence-corrected chi connectivity index (χ0v) is 12.9. The predicted molar refractivity (Wildman–Crippen MR) is 81.2 cm³/mol. The van der Waals surface area contributed by atoms with E-state index in [-0.39, 0.29) is 6.54 Å². The molecule has 0 radical (unpaired) electrons. The highest BCUT2D eigenvalue weighted by Crippen LogP contribution is 2.19. The van der Waals surface area contributed by atoms with Crippen LogP contribution < -0.4 is 10.6 Å². The zero-order valence-electron chi connectivity index (χ0n) is 12.9. The lowest BCUT2D eigenvalue weighted by Gasteiger charge is -2.22. The molecule has 4 N–H and O–H groups in total. The van der Waals surface area contributed by atoms with E-state index in [1.165, 1.54) is 0 Å². The predicted octanol–water partition coefficient (Wildman–Crippen LogP) is 1.65. The Kier molecular flexibility index (Phi) is 5.99. The van der Waals surface area contributed by atoms with Crippen molar-refractivity contribution in [3.63, 3.8) is 0 Å². The molecule has 0 saturated heterocycles. The quantitative estimate of drug-likeness (QED) is 0.663. The summed E-state index contributed by atoms with van der Waals surface area (Å²) in [4.78, 5) is 11.5. The molecule has 6 nitrogen and oxygen atoms in total. The number of nitrogens with one attached hydrogen (secondary N) is 2. The van der Waals surface area contributed by atoms with Crippen LogP contribution in [0.2, 0.25) is 0 Å². The standard InChI is InChI=1S/C15H24N2O4/c1-15(2,3)21-14(20)17-9-12(18)13(19)10-5-7-11(16-4)8-6-10/h5-8,12-13,16,18-19H,9H2,1-4H3,(H,17,20). The third kappa shape index (κ3) is 6.01. The van der Waals surface area contributed by atoms with Gasteiger partial charge in [-0.1, -0.05) is 12.1 Å². The summed E-state index contributed by atoms with van der Waals surface area (Å²) >= 11 is 0. The zero-order chi connectivity index (χ0) is 16.0. The molecule has 0 aromatic heterocycles. The van der Waals surface area contributed by atoms with Crippen LogP contribution in [0.4, 0.5) is 10.5 Å². The molecule has 1 aromatic carbocycles. The van der Waals surface area contributed by atoms with Crippen molar-refractivity contribution in [2.75, 3.05) is 18.9 Å². The minimum Gasteiger partial charge on any atom is -0.444 e. The second-order valence-corrected chi connectivity index (χ2v) is 5.77. The van der Waals surface area contributed by atoms with Crippen molar-refractivity contribution >= 4 is 11.8 Å². The average Bonchev–Trinajstić information content (AvgIpc) is 2.42. The summed E-state index contributed by atoms with van der Waals surface area (Å²) in [5.41, 5.74) is 0.885. The van der Waals surface area contributed by atoms with Gasteiger partial charge >= 0.3 is 6.09 Å². The fourth-order valence-electron chi connectivity index (χ4n) is 1.68. The largest absolute Gasteiger partial charge is 0.444 e. The van der Waals surface area contributed by atoms with Crippen molar-refractivity contribution in [1.82, 2.24) is 5.32 Å². The molecule has 1 amide bonds. The number of ether oxygens (including phenoxy) is 1. The first-order chi connectivity index (χ1) is 9.73. The molecule has 0 spiro atoms. The lowest BCUT2D eigenvalue weighted by atomic mass is 10.0. The monoisotopic (exact) mass is 296 g/mol. The van der Waals surface area contributed by atoms with Gasteiger partial charge in [-0.05, 0) is 38.5 Å². The van der Waals surface area contributed by atoms with Crippen molar-refractivity contribution in [2.45, 2.75) is 38.6 Å². The van der Waals surface area contributed by atoms with Gasteiger partial charge in [0, 0.05) is 19.3 Å². The van der Waals surface area contributed by atoms with Crippen molar-refractivity contribution in [3.8, 4) is 0 Å². The summed E-state index contributed by atoms with van der Waals surface area (Å²) in [6, 6.07) is 7.03. The van der Waals surface area contributed by atoms with Crippen LogP contribution in [0, 0.1) is 0 Å². The van der Waals surface area contributed by atoms with E-state index >= 15 is 0 Å². The highest BCUT2D eigenvalue weighted by atomic mass is 16.6. The van der Waals surface area contributed by atoms with Gasteiger partial charge < -0.3 is 25.6 Å². The van der Waals surface area contributed by atoms with Gasteiger partial charge in [0.25, 0.3) is 0 Å². The van der Waals surface area contributed by atoms with Gasteiger partial charge in [0.15, 0.2) is 0 Å². The van der Waals surface area contributed by atoms with Gasteiger partial charge in [0.2, 0.25) is 0 Å². The molecule has 1 aromatic rings. The second kappa shape index (κ2) is 7.28. The van der Waals surface area contributed by atoms with E-state index in [1.54, 1.807) is 52.1 Å². The number of hydrogen-bond donors (Lipinski definition) is 4. The molecule has 0 heterocycles. The fraction of sp³-hybridized carbons (Fsp3) is 0.533. The molecule has 0 bridgehead atoms. The van der Waals surface area contributed by atoms with Gasteiger partial charge in [-0.15, -0.1) is 0 Å². The Morgan fingerprint density at radius 3 is 2.29 bits per heavy atom. The minimum atomic E-state index is -1.11. The summed E-state index contributed by atoms with van der Waals surface area (Å²) in [5, 5.41) is 25.3. The van der Waals surface area contributed by atoms with E-state index in [0.717, 1.165) is 5.69 Å². The molecule has 0 saturated carbocycles. The van der Waals surface area contributed by atoms with Crippen LogP contribution in [0.15, 0.2) is 24.3 Å². The van der Waals surface area contributed by atoms with E-state index in [4.69, 9.17) is 4.74 Å². The Bertz CT molecular complexity index is 454. The number of anilines is 1. The van der Waals surface area contributed by atoms with Crippen LogP contribution in [0.3, 0.4) is 0 Å². The number of benzene rings is 1. The summed E-state index contributed by atoms with van der Waals surface area (Å²) in [5.74, 6) is 0. The van der Waals surface area contributed by atoms with Crippen molar-refractivity contribution < 1.29 is 19.7 Å². The van der Waals surface area contributed by atoms with Gasteiger partial charge in [-0.3, -0.25) is 0 Å². The van der Waals surface area contributed by atoms with Crippen LogP contribution >= 0.6 is 0 Å². The molecule has 0 fully saturated rings. The third-order valence-corrected chi connectivity index (χ3v) is 2.76. The average molecular weight is 296 g/mol. The normalized spacial score (nSPS) is 14.2. The topological polar surface area (TPSA) is 90.8 Å². The molecule has 2 atom stereocenters. The molecule has 118 valence electrons. The Balaban J connectivity index is 2.50. The molecule has 0 aliphatic rings. The van der Waals surface area contributed by atoms with E-state index < -0.39 is 23.9 Å². The second-order valence-electron chi connectivity index (χ2n) is 5.77. The highest BCUT2D eigenvalue weighted by Gasteiger charge is 2.21. The van der Waals surface area contributed by atoms with Gasteiger partial charge in [0.1, 0.15) is 17.8 Å². The number of carbonyl (C=O) groups is 1. The molecule has 0 aliphatic heterocycles. The Morgan fingerprint density at radius 1 is 1.24 bits per heavy atom. The van der Waals surface area contributed by atoms with Crippen LogP contribution in [0.5, 0.6) is 0 Å². The summed E-state index contributed by atoms with van der Waals surface area (Å²) in [6.07, 6.45) is -2.82.